The van der Waals surface area contributed by atoms with Crippen LogP contribution in [0.1, 0.15) is 132 Å². The van der Waals surface area contributed by atoms with E-state index in [9.17, 15) is 0 Å². The predicted octanol–water partition coefficient (Wildman–Crippen LogP) is 21.3. The second kappa shape index (κ2) is 23.3. The number of benzene rings is 10. The number of allylic oxidation sites excluding steroid dienone is 1. The first kappa shape index (κ1) is 61.3. The van der Waals surface area contributed by atoms with Gasteiger partial charge < -0.3 is 23.2 Å². The number of rotatable bonds is 6. The third-order valence-electron chi connectivity index (χ3n) is 18.9. The van der Waals surface area contributed by atoms with Gasteiger partial charge in [-0.15, -0.1) is 0 Å². The summed E-state index contributed by atoms with van der Waals surface area (Å²) in [6.07, 6.45) is 4.43. The third kappa shape index (κ3) is 9.91. The van der Waals surface area contributed by atoms with Crippen LogP contribution in [0, 0.1) is 41.5 Å². The molecule has 2 aliphatic heterocycles. The zero-order valence-corrected chi connectivity index (χ0v) is 56.9. The van der Waals surface area contributed by atoms with Crippen LogP contribution in [-0.4, -0.2) is 11.3 Å². The van der Waals surface area contributed by atoms with E-state index in [-0.39, 0.29) is 17.5 Å². The molecule has 2 aliphatic rings. The molecule has 0 spiro atoms. The first-order valence-electron chi connectivity index (χ1n) is 33.2. The molecule has 0 amide bonds. The zero-order valence-electron chi connectivity index (χ0n) is 56.9. The van der Waals surface area contributed by atoms with Gasteiger partial charge in [-0.25, -0.2) is 0 Å². The predicted molar refractivity (Wildman–Crippen MR) is 399 cm³/mol. The quantitative estimate of drug-likeness (QED) is 0.156. The first-order chi connectivity index (χ1) is 44.1. The molecule has 13 aromatic rings. The molecular formula is C86H86BN3O2. The van der Waals surface area contributed by atoms with Crippen LogP contribution >= 0.6 is 0 Å². The Bertz CT molecular complexity index is 5200. The molecule has 6 heteroatoms. The lowest BCUT2D eigenvalue weighted by molar-refractivity contribution is 0.573. The van der Waals surface area contributed by atoms with Gasteiger partial charge in [0.2, 0.25) is 0 Å². The fraction of sp³-hybridized carbons (Fsp3) is 0.233. The number of aromatic nitrogens is 1. The number of aryl methyl sites for hydroxylation is 6. The zero-order chi connectivity index (χ0) is 65.0. The highest BCUT2D eigenvalue weighted by atomic mass is 16.3. The van der Waals surface area contributed by atoms with Crippen LogP contribution in [0.15, 0.2) is 197 Å². The van der Waals surface area contributed by atoms with E-state index in [0.29, 0.717) is 0 Å². The highest BCUT2D eigenvalue weighted by Crippen LogP contribution is 2.51. The molecule has 0 bridgehead atoms. The average Bonchev–Trinajstić information content (AvgIpc) is 0.856. The van der Waals surface area contributed by atoms with Crippen LogP contribution in [0.3, 0.4) is 0 Å². The van der Waals surface area contributed by atoms with E-state index in [1.165, 1.54) is 119 Å². The number of furan rings is 2. The maximum Gasteiger partial charge on any atom is 0.252 e. The third-order valence-corrected chi connectivity index (χ3v) is 18.9. The van der Waals surface area contributed by atoms with Crippen molar-refractivity contribution in [2.45, 2.75) is 134 Å². The highest BCUT2D eigenvalue weighted by Gasteiger charge is 2.46. The number of nitrogens with zero attached hydrogens (tertiary/aromatic N) is 3. The van der Waals surface area contributed by atoms with Gasteiger partial charge in [-0.05, 0) is 191 Å². The molecule has 3 aromatic heterocycles. The van der Waals surface area contributed by atoms with Crippen LogP contribution < -0.4 is 36.8 Å². The molecule has 92 heavy (non-hydrogen) atoms. The molecule has 0 fully saturated rings. The fourth-order valence-corrected chi connectivity index (χ4v) is 14.8. The van der Waals surface area contributed by atoms with E-state index < -0.39 is 0 Å². The summed E-state index contributed by atoms with van der Waals surface area (Å²) >= 11 is 0. The molecule has 15 rings (SSSR count). The molecule has 0 radical (unpaired) electrons. The van der Waals surface area contributed by atoms with E-state index in [1.54, 1.807) is 0 Å². The second-order valence-electron chi connectivity index (χ2n) is 28.0. The standard InChI is InChI=1S/C80H70BN3O2.2C3H8/c1-15-56(77-51(8)57-26-17-20-32-71(57)85-77)52-36-47(4)76(48(5)37-52)84-68-44-67-62(59-27-16-19-31-65(59)82(67)74-45(2)24-22-25-46(74)3)43-64(68)81-63-40-54(79(9,10)11)34-35-66(63)83(69-41-55(80(12,13)14)42-70(84)73(69)81)75-49(6)38-53(39-50(75)7)58-29-23-30-61-60-28-18-21-33-72(60)86-78(58)61;2*1-3-2/h15-44H,1,8H2,2-7,9-14H3;2*3H2,1-2H3/b77-56-;;. The van der Waals surface area contributed by atoms with E-state index >= 15 is 0 Å². The van der Waals surface area contributed by atoms with Gasteiger partial charge in [-0.3, -0.25) is 0 Å². The largest absolute Gasteiger partial charge is 0.455 e. The van der Waals surface area contributed by atoms with Crippen LogP contribution in [-0.2, 0) is 10.8 Å². The van der Waals surface area contributed by atoms with Crippen molar-refractivity contribution in [1.29, 1.82) is 0 Å². The van der Waals surface area contributed by atoms with Crippen LogP contribution in [0.25, 0.3) is 83.7 Å². The Morgan fingerprint density at radius 3 is 1.58 bits per heavy atom. The lowest BCUT2D eigenvalue weighted by Crippen LogP contribution is -2.61. The van der Waals surface area contributed by atoms with E-state index in [4.69, 9.17) is 8.83 Å². The Kier molecular flexibility index (Phi) is 15.5. The van der Waals surface area contributed by atoms with Crippen molar-refractivity contribution >= 4 is 124 Å². The molecule has 0 unspecified atom stereocenters. The summed E-state index contributed by atoms with van der Waals surface area (Å²) < 4.78 is 15.9. The molecule has 5 nitrogen and oxygen atoms in total. The van der Waals surface area contributed by atoms with Crippen LogP contribution in [0.2, 0.25) is 0 Å². The van der Waals surface area contributed by atoms with Gasteiger partial charge in [0.1, 0.15) is 22.2 Å². The Balaban J connectivity index is 0.00000124. The lowest BCUT2D eigenvalue weighted by atomic mass is 9.33. The summed E-state index contributed by atoms with van der Waals surface area (Å²) in [6, 6.07) is 65.8. The highest BCUT2D eigenvalue weighted by molar-refractivity contribution is 7.00. The topological polar surface area (TPSA) is 37.7 Å². The number of hydrogen-bond donors (Lipinski definition) is 0. The molecular weight excluding hydrogens is 1120 g/mol. The number of anilines is 6. The molecule has 0 N–H and O–H groups in total. The smallest absolute Gasteiger partial charge is 0.252 e. The number of hydrogen-bond acceptors (Lipinski definition) is 4. The van der Waals surface area contributed by atoms with Crippen molar-refractivity contribution in [2.24, 2.45) is 0 Å². The minimum atomic E-state index is -0.229. The Morgan fingerprint density at radius 2 is 0.978 bits per heavy atom. The maximum atomic E-state index is 6.69. The van der Waals surface area contributed by atoms with Gasteiger partial charge in [0.05, 0.1) is 28.1 Å². The van der Waals surface area contributed by atoms with Crippen molar-refractivity contribution in [2.75, 3.05) is 9.80 Å². The Morgan fingerprint density at radius 1 is 0.457 bits per heavy atom. The molecule has 0 aliphatic carbocycles. The molecule has 0 saturated heterocycles. The molecule has 0 saturated carbocycles. The monoisotopic (exact) mass is 1200 g/mol. The van der Waals surface area contributed by atoms with Crippen molar-refractivity contribution in [3.8, 4) is 16.8 Å². The molecule has 5 heterocycles. The van der Waals surface area contributed by atoms with E-state index in [1.807, 2.05) is 24.3 Å². The van der Waals surface area contributed by atoms with Crippen molar-refractivity contribution in [3.63, 3.8) is 0 Å². The SMILES string of the molecule is C=C/C(c1cc(C)c(N2c3cc4c(cc3B3c5cc(C(C)(C)C)ccc5N(c5c(C)cc(-c6cccc7c6oc6ccccc67)cc5C)c5cc(C(C)(C)C)cc2c53)c2ccccc2n4-c2c(C)cccc2C)c(C)c1)=c1/oc2ccccc2c1=C.CCC.CCC. The first-order valence-corrected chi connectivity index (χ1v) is 33.2. The molecule has 460 valence electrons. The van der Waals surface area contributed by atoms with Crippen molar-refractivity contribution in [1.82, 2.24) is 4.57 Å². The van der Waals surface area contributed by atoms with Gasteiger partial charge in [-0.1, -0.05) is 211 Å². The minimum absolute atomic E-state index is 0.120. The Labute approximate surface area is 544 Å². The van der Waals surface area contributed by atoms with Crippen LogP contribution in [0.5, 0.6) is 0 Å². The average molecular weight is 1200 g/mol. The van der Waals surface area contributed by atoms with E-state index in [0.717, 1.165) is 82.6 Å². The number of para-hydroxylation sites is 5. The summed E-state index contributed by atoms with van der Waals surface area (Å²) in [7, 11) is 0. The van der Waals surface area contributed by atoms with Gasteiger partial charge in [0.15, 0.2) is 0 Å². The Hall–Kier alpha value is -9.52. The van der Waals surface area contributed by atoms with Gasteiger partial charge in [-0.2, -0.15) is 0 Å². The minimum Gasteiger partial charge on any atom is -0.455 e. The summed E-state index contributed by atoms with van der Waals surface area (Å²) in [5.74, 6) is 0. The molecule has 10 aromatic carbocycles. The van der Waals surface area contributed by atoms with Gasteiger partial charge in [0, 0.05) is 66.0 Å². The summed E-state index contributed by atoms with van der Waals surface area (Å²) in [5.41, 5.74) is 31.4. The second-order valence-corrected chi connectivity index (χ2v) is 28.0. The van der Waals surface area contributed by atoms with Gasteiger partial charge in [0.25, 0.3) is 6.71 Å². The normalized spacial score (nSPS) is 13.1. The summed E-state index contributed by atoms with van der Waals surface area (Å²) in [5, 5.41) is 6.60. The molecule has 0 atom stereocenters. The van der Waals surface area contributed by atoms with Crippen LogP contribution in [0.4, 0.5) is 34.1 Å². The fourth-order valence-electron chi connectivity index (χ4n) is 14.8. The number of fused-ring (bicyclic) bond motifs is 11. The van der Waals surface area contributed by atoms with Crippen molar-refractivity contribution < 1.29 is 8.83 Å². The maximum absolute atomic E-state index is 6.69. The summed E-state index contributed by atoms with van der Waals surface area (Å²) in [4.78, 5) is 5.28. The lowest BCUT2D eigenvalue weighted by Gasteiger charge is -2.46. The summed E-state index contributed by atoms with van der Waals surface area (Å²) in [6.45, 7) is 45.1. The van der Waals surface area contributed by atoms with Gasteiger partial charge >= 0.3 is 0 Å². The van der Waals surface area contributed by atoms with Crippen molar-refractivity contribution in [3.05, 3.63) is 249 Å². The van der Waals surface area contributed by atoms with E-state index in [2.05, 4.69) is 296 Å².